The molecule has 1 saturated heterocycles. The molecular weight excluding hydrogens is 440 g/mol. The number of ketones is 1. The molecule has 4 rings (SSSR count). The third-order valence-electron chi connectivity index (χ3n) is 6.03. The van der Waals surface area contributed by atoms with Gasteiger partial charge in [0.2, 0.25) is 0 Å². The third-order valence-corrected chi connectivity index (χ3v) is 6.03. The molecule has 1 aliphatic heterocycles. The average molecular weight is 469 g/mol. The van der Waals surface area contributed by atoms with Crippen molar-refractivity contribution in [3.05, 3.63) is 114 Å². The van der Waals surface area contributed by atoms with Gasteiger partial charge in [-0.05, 0) is 52.9 Å². The number of aliphatic hydroxyl groups excluding tert-OH is 1. The van der Waals surface area contributed by atoms with E-state index >= 15 is 0 Å². The van der Waals surface area contributed by atoms with Crippen molar-refractivity contribution in [2.24, 2.45) is 0 Å². The van der Waals surface area contributed by atoms with Crippen LogP contribution in [0, 0.1) is 0 Å². The summed E-state index contributed by atoms with van der Waals surface area (Å²) >= 11 is 0. The fourth-order valence-corrected chi connectivity index (χ4v) is 4.16. The van der Waals surface area contributed by atoms with E-state index in [0.29, 0.717) is 23.8 Å². The topological polar surface area (TPSA) is 79.7 Å². The van der Waals surface area contributed by atoms with E-state index < -0.39 is 17.7 Å². The highest BCUT2D eigenvalue weighted by atomic mass is 16.5. The maximum absolute atomic E-state index is 13.2. The molecule has 0 unspecified atom stereocenters. The van der Waals surface area contributed by atoms with Crippen molar-refractivity contribution in [2.75, 3.05) is 6.61 Å². The van der Waals surface area contributed by atoms with Crippen LogP contribution < -0.4 is 4.74 Å². The van der Waals surface area contributed by atoms with Gasteiger partial charge in [0.05, 0.1) is 11.6 Å². The lowest BCUT2D eigenvalue weighted by Crippen LogP contribution is -2.29. The predicted octanol–water partition coefficient (Wildman–Crippen LogP) is 5.39. The summed E-state index contributed by atoms with van der Waals surface area (Å²) in [6, 6.07) is 17.5. The van der Waals surface area contributed by atoms with E-state index in [1.165, 1.54) is 4.90 Å². The molecule has 1 N–H and O–H groups in total. The van der Waals surface area contributed by atoms with Gasteiger partial charge in [0.15, 0.2) is 0 Å². The lowest BCUT2D eigenvalue weighted by Gasteiger charge is -2.25. The third kappa shape index (κ3) is 5.01. The van der Waals surface area contributed by atoms with Crippen molar-refractivity contribution in [3.63, 3.8) is 0 Å². The number of Topliss-reactive ketones (excluding diaryl/α,β-unsaturated/α-hetero) is 1. The molecular formula is C29H28N2O4. The first-order chi connectivity index (χ1) is 16.9. The minimum Gasteiger partial charge on any atom is -0.507 e. The Bertz CT molecular complexity index is 1250. The van der Waals surface area contributed by atoms with Crippen molar-refractivity contribution in [2.45, 2.75) is 32.4 Å². The Labute approximate surface area is 205 Å². The maximum Gasteiger partial charge on any atom is 0.295 e. The summed E-state index contributed by atoms with van der Waals surface area (Å²) in [6.07, 6.45) is 4.96. The highest BCUT2D eigenvalue weighted by Gasteiger charge is 2.46. The Morgan fingerprint density at radius 1 is 1.11 bits per heavy atom. The molecule has 2 heterocycles. The summed E-state index contributed by atoms with van der Waals surface area (Å²) in [6.45, 7) is 8.39. The number of nitrogens with zero attached hydrogens (tertiary/aromatic N) is 2. The van der Waals surface area contributed by atoms with Crippen LogP contribution in [0.3, 0.4) is 0 Å². The molecule has 1 aliphatic rings. The lowest BCUT2D eigenvalue weighted by molar-refractivity contribution is -0.140. The van der Waals surface area contributed by atoms with E-state index in [4.69, 9.17) is 4.74 Å². The quantitative estimate of drug-likeness (QED) is 0.207. The van der Waals surface area contributed by atoms with Crippen molar-refractivity contribution < 1.29 is 19.4 Å². The number of hydrogen-bond acceptors (Lipinski definition) is 5. The summed E-state index contributed by atoms with van der Waals surface area (Å²) in [5, 5.41) is 11.2. The molecule has 1 atom stereocenters. The number of aromatic nitrogens is 1. The second kappa shape index (κ2) is 10.4. The molecule has 3 aromatic rings. The molecule has 6 nitrogen and oxygen atoms in total. The zero-order valence-electron chi connectivity index (χ0n) is 19.8. The molecule has 1 amide bonds. The smallest absolute Gasteiger partial charge is 0.295 e. The number of rotatable bonds is 8. The summed E-state index contributed by atoms with van der Waals surface area (Å²) in [4.78, 5) is 32.0. The van der Waals surface area contributed by atoms with Crippen LogP contribution in [0.1, 0.15) is 48.1 Å². The number of amides is 1. The van der Waals surface area contributed by atoms with E-state index in [2.05, 4.69) is 25.4 Å². The van der Waals surface area contributed by atoms with Crippen LogP contribution in [-0.2, 0) is 16.1 Å². The summed E-state index contributed by atoms with van der Waals surface area (Å²) < 4.78 is 5.51. The zero-order valence-corrected chi connectivity index (χ0v) is 19.8. The van der Waals surface area contributed by atoms with E-state index in [1.54, 1.807) is 48.8 Å². The molecule has 6 heteroatoms. The van der Waals surface area contributed by atoms with Crippen molar-refractivity contribution in [1.82, 2.24) is 9.88 Å². The monoisotopic (exact) mass is 468 g/mol. The maximum atomic E-state index is 13.2. The molecule has 1 aromatic heterocycles. The standard InChI is InChI=1S/C29H28N2O4/c1-4-16-35-24-13-11-23(12-14-24)27(32)25-26(22-9-7-21(8-10-22)19(2)3)31(29(34)28(25)33)18-20-6-5-15-30-17-20/h4-15,17,19,26,32H,1,16,18H2,2-3H3/b27-25+/t26-/m0/s1. The predicted molar refractivity (Wildman–Crippen MR) is 135 cm³/mol. The Hall–Kier alpha value is -4.19. The number of likely N-dealkylation sites (tertiary alicyclic amines) is 1. The summed E-state index contributed by atoms with van der Waals surface area (Å²) in [7, 11) is 0. The fraction of sp³-hybridized carbons (Fsp3) is 0.207. The Balaban J connectivity index is 1.79. The van der Waals surface area contributed by atoms with Crippen LogP contribution in [0.2, 0.25) is 0 Å². The Kier molecular flexibility index (Phi) is 7.11. The van der Waals surface area contributed by atoms with Gasteiger partial charge in [-0.25, -0.2) is 0 Å². The van der Waals surface area contributed by atoms with Gasteiger partial charge in [-0.1, -0.05) is 56.8 Å². The van der Waals surface area contributed by atoms with Crippen molar-refractivity contribution >= 4 is 17.4 Å². The molecule has 0 aliphatic carbocycles. The van der Waals surface area contributed by atoms with Gasteiger partial charge >= 0.3 is 0 Å². The fourth-order valence-electron chi connectivity index (χ4n) is 4.16. The number of carbonyl (C=O) groups is 2. The lowest BCUT2D eigenvalue weighted by atomic mass is 9.93. The van der Waals surface area contributed by atoms with Crippen molar-refractivity contribution in [3.8, 4) is 5.75 Å². The van der Waals surface area contributed by atoms with E-state index in [-0.39, 0.29) is 17.9 Å². The Morgan fingerprint density at radius 2 is 1.83 bits per heavy atom. The minimum absolute atomic E-state index is 0.0657. The second-order valence-corrected chi connectivity index (χ2v) is 8.73. The molecule has 35 heavy (non-hydrogen) atoms. The minimum atomic E-state index is -0.729. The first-order valence-corrected chi connectivity index (χ1v) is 11.5. The first-order valence-electron chi connectivity index (χ1n) is 11.5. The van der Waals surface area contributed by atoms with Gasteiger partial charge in [0, 0.05) is 24.5 Å². The van der Waals surface area contributed by atoms with Gasteiger partial charge in [0.25, 0.3) is 11.7 Å². The van der Waals surface area contributed by atoms with Crippen LogP contribution >= 0.6 is 0 Å². The SMILES string of the molecule is C=CCOc1ccc(/C(O)=C2\C(=O)C(=O)N(Cc3cccnc3)[C@H]2c2ccc(C(C)C)cc2)cc1. The van der Waals surface area contributed by atoms with Crippen LogP contribution in [-0.4, -0.2) is 33.3 Å². The van der Waals surface area contributed by atoms with Gasteiger partial charge in [-0.3, -0.25) is 14.6 Å². The number of hydrogen-bond donors (Lipinski definition) is 1. The highest BCUT2D eigenvalue weighted by Crippen LogP contribution is 2.40. The van der Waals surface area contributed by atoms with Gasteiger partial charge < -0.3 is 14.7 Å². The molecule has 2 aromatic carbocycles. The van der Waals surface area contributed by atoms with E-state index in [1.807, 2.05) is 30.3 Å². The molecule has 0 bridgehead atoms. The van der Waals surface area contributed by atoms with E-state index in [9.17, 15) is 14.7 Å². The number of carbonyl (C=O) groups excluding carboxylic acids is 2. The molecule has 0 saturated carbocycles. The molecule has 178 valence electrons. The molecule has 1 fully saturated rings. The summed E-state index contributed by atoms with van der Waals surface area (Å²) in [5.74, 6) is -0.632. The Morgan fingerprint density at radius 3 is 2.43 bits per heavy atom. The number of benzene rings is 2. The van der Waals surface area contributed by atoms with E-state index in [0.717, 1.165) is 16.7 Å². The number of ether oxygens (including phenoxy) is 1. The molecule has 0 spiro atoms. The van der Waals surface area contributed by atoms with Gasteiger partial charge in [-0.15, -0.1) is 0 Å². The summed E-state index contributed by atoms with van der Waals surface area (Å²) in [5.41, 5.74) is 3.19. The van der Waals surface area contributed by atoms with Gasteiger partial charge in [-0.2, -0.15) is 0 Å². The first kappa shape index (κ1) is 24.0. The normalized spacial score (nSPS) is 17.1. The largest absolute Gasteiger partial charge is 0.507 e. The number of aliphatic hydroxyl groups is 1. The van der Waals surface area contributed by atoms with Gasteiger partial charge in [0.1, 0.15) is 18.1 Å². The average Bonchev–Trinajstić information content (AvgIpc) is 3.13. The van der Waals surface area contributed by atoms with Crippen LogP contribution in [0.25, 0.3) is 5.76 Å². The number of pyridine rings is 1. The van der Waals surface area contributed by atoms with Crippen molar-refractivity contribution in [1.29, 1.82) is 0 Å². The highest BCUT2D eigenvalue weighted by molar-refractivity contribution is 6.46. The zero-order chi connectivity index (χ0) is 24.9. The molecule has 0 radical (unpaired) electrons. The second-order valence-electron chi connectivity index (χ2n) is 8.73. The van der Waals surface area contributed by atoms with Crippen LogP contribution in [0.5, 0.6) is 5.75 Å². The van der Waals surface area contributed by atoms with Crippen LogP contribution in [0.4, 0.5) is 0 Å². The van der Waals surface area contributed by atoms with Crippen LogP contribution in [0.15, 0.2) is 91.3 Å².